The molecule has 4 rings (SSSR count). The number of phenolic OH excluding ortho intramolecular Hbond substituents is 1. The third kappa shape index (κ3) is 5.42. The second kappa shape index (κ2) is 10.6. The maximum atomic E-state index is 12.3. The van der Waals surface area contributed by atoms with Crippen LogP contribution in [0.4, 0.5) is 5.82 Å². The van der Waals surface area contributed by atoms with E-state index in [2.05, 4.69) is 22.1 Å². The molecule has 2 aromatic carbocycles. The second-order valence-electron chi connectivity index (χ2n) is 8.69. The summed E-state index contributed by atoms with van der Waals surface area (Å²) >= 11 is 0. The Morgan fingerprint density at radius 2 is 1.82 bits per heavy atom. The Morgan fingerprint density at radius 3 is 2.58 bits per heavy atom. The van der Waals surface area contributed by atoms with Gasteiger partial charge in [0.05, 0.1) is 11.1 Å². The van der Waals surface area contributed by atoms with Crippen LogP contribution < -0.4 is 10.2 Å². The van der Waals surface area contributed by atoms with E-state index in [1.54, 1.807) is 12.1 Å². The quantitative estimate of drug-likeness (QED) is 0.450. The number of phenols is 1. The van der Waals surface area contributed by atoms with E-state index in [0.717, 1.165) is 61.9 Å². The third-order valence-electron chi connectivity index (χ3n) is 6.25. The normalized spacial score (nSPS) is 15.5. The zero-order valence-electron chi connectivity index (χ0n) is 19.1. The third-order valence-corrected chi connectivity index (χ3v) is 6.25. The number of piperidine rings is 1. The van der Waals surface area contributed by atoms with Crippen LogP contribution in [0.1, 0.15) is 45.4 Å². The van der Waals surface area contributed by atoms with Gasteiger partial charge in [-0.2, -0.15) is 0 Å². The lowest BCUT2D eigenvalue weighted by atomic mass is 10.0. The highest BCUT2D eigenvalue weighted by Gasteiger charge is 2.25. The molecule has 0 radical (unpaired) electrons. The Morgan fingerprint density at radius 1 is 1.09 bits per heavy atom. The van der Waals surface area contributed by atoms with Crippen LogP contribution in [0.25, 0.3) is 22.3 Å². The maximum absolute atomic E-state index is 12.3. The van der Waals surface area contributed by atoms with E-state index < -0.39 is 6.10 Å². The van der Waals surface area contributed by atoms with Crippen LogP contribution in [0.5, 0.6) is 5.75 Å². The van der Waals surface area contributed by atoms with Crippen molar-refractivity contribution in [1.29, 1.82) is 0 Å². The first kappa shape index (κ1) is 23.0. The summed E-state index contributed by atoms with van der Waals surface area (Å²) in [5, 5.41) is 24.4. The number of hydrogen-bond acceptors (Lipinski definition) is 6. The fourth-order valence-corrected chi connectivity index (χ4v) is 4.34. The van der Waals surface area contributed by atoms with Gasteiger partial charge < -0.3 is 20.4 Å². The molecule has 1 aromatic heterocycles. The summed E-state index contributed by atoms with van der Waals surface area (Å²) in [6.45, 7) is 3.57. The molecule has 3 aromatic rings. The number of para-hydroxylation sites is 2. The van der Waals surface area contributed by atoms with Crippen LogP contribution in [0.3, 0.4) is 0 Å². The van der Waals surface area contributed by atoms with Gasteiger partial charge in [0.2, 0.25) is 5.91 Å². The highest BCUT2D eigenvalue weighted by atomic mass is 16.3. The lowest BCUT2D eigenvalue weighted by Crippen LogP contribution is -2.47. The molecule has 0 spiro atoms. The number of aliphatic hydroxyl groups is 1. The number of rotatable bonds is 8. The van der Waals surface area contributed by atoms with Gasteiger partial charge >= 0.3 is 0 Å². The van der Waals surface area contributed by atoms with Gasteiger partial charge in [-0.3, -0.25) is 4.79 Å². The van der Waals surface area contributed by atoms with E-state index in [9.17, 15) is 15.0 Å². The molecular weight excluding hydrogens is 416 g/mol. The number of fused-ring (bicyclic) bond motifs is 1. The number of amides is 1. The Balaban J connectivity index is 1.48. The molecule has 1 aliphatic rings. The standard InChI is InChI=1S/C26H32N4O3/c1-2-3-4-13-23(32)26(33)27-18-14-16-30(17-15-18)25-19-9-5-7-11-21(19)28-24(29-25)20-10-6-8-12-22(20)31/h5-12,18,23,31-32H,2-4,13-17H2,1H3,(H,27,33). The van der Waals surface area contributed by atoms with Gasteiger partial charge in [-0.05, 0) is 43.5 Å². The molecule has 1 saturated heterocycles. The number of nitrogens with one attached hydrogen (secondary N) is 1. The minimum atomic E-state index is -0.929. The van der Waals surface area contributed by atoms with Gasteiger partial charge in [-0.25, -0.2) is 9.97 Å². The molecule has 0 saturated carbocycles. The van der Waals surface area contributed by atoms with Gasteiger partial charge in [0, 0.05) is 24.5 Å². The van der Waals surface area contributed by atoms with E-state index in [0.29, 0.717) is 17.8 Å². The molecule has 2 heterocycles. The number of aromatic nitrogens is 2. The molecule has 0 aliphatic carbocycles. The molecule has 7 nitrogen and oxygen atoms in total. The van der Waals surface area contributed by atoms with Gasteiger partial charge in [0.1, 0.15) is 17.7 Å². The summed E-state index contributed by atoms with van der Waals surface area (Å²) < 4.78 is 0. The first-order valence-electron chi connectivity index (χ1n) is 11.9. The van der Waals surface area contributed by atoms with Crippen molar-refractivity contribution in [2.45, 2.75) is 57.6 Å². The minimum absolute atomic E-state index is 0.0420. The largest absolute Gasteiger partial charge is 0.507 e. The van der Waals surface area contributed by atoms with Gasteiger partial charge in [-0.1, -0.05) is 50.5 Å². The van der Waals surface area contributed by atoms with Gasteiger partial charge in [-0.15, -0.1) is 0 Å². The van der Waals surface area contributed by atoms with Gasteiger partial charge in [0.25, 0.3) is 0 Å². The first-order chi connectivity index (χ1) is 16.1. The van der Waals surface area contributed by atoms with E-state index >= 15 is 0 Å². The second-order valence-corrected chi connectivity index (χ2v) is 8.69. The molecule has 33 heavy (non-hydrogen) atoms. The van der Waals surface area contributed by atoms with E-state index in [1.165, 1.54) is 0 Å². The van der Waals surface area contributed by atoms with Crippen LogP contribution in [-0.4, -0.2) is 51.3 Å². The van der Waals surface area contributed by atoms with Crippen LogP contribution >= 0.6 is 0 Å². The number of carbonyl (C=O) groups excluding carboxylic acids is 1. The molecule has 7 heteroatoms. The SMILES string of the molecule is CCCCCC(O)C(=O)NC1CCN(c2nc(-c3ccccc3O)nc3ccccc23)CC1. The maximum Gasteiger partial charge on any atom is 0.249 e. The highest BCUT2D eigenvalue weighted by molar-refractivity contribution is 5.91. The van der Waals surface area contributed by atoms with E-state index in [-0.39, 0.29) is 17.7 Å². The average Bonchev–Trinajstić information content (AvgIpc) is 2.84. The summed E-state index contributed by atoms with van der Waals surface area (Å²) in [7, 11) is 0. The van der Waals surface area contributed by atoms with Crippen LogP contribution in [-0.2, 0) is 4.79 Å². The fourth-order valence-electron chi connectivity index (χ4n) is 4.34. The molecule has 1 aliphatic heterocycles. The molecule has 1 unspecified atom stereocenters. The van der Waals surface area contributed by atoms with Gasteiger partial charge in [0.15, 0.2) is 5.82 Å². The molecular formula is C26H32N4O3. The van der Waals surface area contributed by atoms with Crippen molar-refractivity contribution < 1.29 is 15.0 Å². The van der Waals surface area contributed by atoms with Crippen molar-refractivity contribution in [1.82, 2.24) is 15.3 Å². The zero-order chi connectivity index (χ0) is 23.2. The predicted octanol–water partition coefficient (Wildman–Crippen LogP) is 4.03. The monoisotopic (exact) mass is 448 g/mol. The lowest BCUT2D eigenvalue weighted by Gasteiger charge is -2.34. The van der Waals surface area contributed by atoms with Crippen molar-refractivity contribution in [3.05, 3.63) is 48.5 Å². The predicted molar refractivity (Wildman–Crippen MR) is 130 cm³/mol. The van der Waals surface area contributed by atoms with Crippen molar-refractivity contribution >= 4 is 22.6 Å². The van der Waals surface area contributed by atoms with Crippen molar-refractivity contribution in [2.75, 3.05) is 18.0 Å². The molecule has 3 N–H and O–H groups in total. The number of benzene rings is 2. The minimum Gasteiger partial charge on any atom is -0.507 e. The Hall–Kier alpha value is -3.19. The number of aliphatic hydroxyl groups excluding tert-OH is 1. The van der Waals surface area contributed by atoms with Crippen LogP contribution in [0, 0.1) is 0 Å². The Kier molecular flexibility index (Phi) is 7.40. The number of nitrogens with zero attached hydrogens (tertiary/aromatic N) is 3. The summed E-state index contributed by atoms with van der Waals surface area (Å²) in [6.07, 6.45) is 4.09. The van der Waals surface area contributed by atoms with Crippen LogP contribution in [0.15, 0.2) is 48.5 Å². The topological polar surface area (TPSA) is 98.6 Å². The Labute approximate surface area is 194 Å². The number of anilines is 1. The van der Waals surface area contributed by atoms with Crippen molar-refractivity contribution in [2.24, 2.45) is 0 Å². The molecule has 1 atom stereocenters. The number of aromatic hydroxyl groups is 1. The fraction of sp³-hybridized carbons (Fsp3) is 0.423. The van der Waals surface area contributed by atoms with Crippen LogP contribution in [0.2, 0.25) is 0 Å². The smallest absolute Gasteiger partial charge is 0.249 e. The summed E-state index contributed by atoms with van der Waals surface area (Å²) in [4.78, 5) is 24.1. The molecule has 174 valence electrons. The Bertz CT molecular complexity index is 1100. The van der Waals surface area contributed by atoms with E-state index in [1.807, 2.05) is 36.4 Å². The average molecular weight is 449 g/mol. The number of hydrogen-bond donors (Lipinski definition) is 3. The molecule has 1 fully saturated rings. The van der Waals surface area contributed by atoms with Crippen molar-refractivity contribution in [3.8, 4) is 17.1 Å². The molecule has 1 amide bonds. The van der Waals surface area contributed by atoms with E-state index in [4.69, 9.17) is 4.98 Å². The zero-order valence-corrected chi connectivity index (χ0v) is 19.1. The molecule has 0 bridgehead atoms. The number of carbonyl (C=O) groups is 1. The van der Waals surface area contributed by atoms with Crippen molar-refractivity contribution in [3.63, 3.8) is 0 Å². The summed E-state index contributed by atoms with van der Waals surface area (Å²) in [5.41, 5.74) is 1.43. The first-order valence-corrected chi connectivity index (χ1v) is 11.9. The number of unbranched alkanes of at least 4 members (excludes halogenated alkanes) is 2. The summed E-state index contributed by atoms with van der Waals surface area (Å²) in [5.74, 6) is 1.21. The highest BCUT2D eigenvalue weighted by Crippen LogP contribution is 2.32. The lowest BCUT2D eigenvalue weighted by molar-refractivity contribution is -0.130. The summed E-state index contributed by atoms with van der Waals surface area (Å²) in [6, 6.07) is 15.0.